The van der Waals surface area contributed by atoms with E-state index in [1.54, 1.807) is 24.5 Å². The number of carbonyl (C=O) groups is 1. The predicted octanol–water partition coefficient (Wildman–Crippen LogP) is 2.19. The van der Waals surface area contributed by atoms with Crippen LogP contribution in [-0.2, 0) is 4.79 Å². The molecule has 4 heteroatoms. The van der Waals surface area contributed by atoms with Gasteiger partial charge in [0.2, 0.25) is 5.91 Å². The Hall–Kier alpha value is -1.68. The molecule has 0 spiro atoms. The van der Waals surface area contributed by atoms with Crippen LogP contribution < -0.4 is 5.32 Å². The molecule has 0 saturated carbocycles. The molecular formula is C16H25N3O. The van der Waals surface area contributed by atoms with E-state index in [0.29, 0.717) is 18.5 Å². The zero-order valence-electron chi connectivity index (χ0n) is 12.8. The highest BCUT2D eigenvalue weighted by molar-refractivity contribution is 5.91. The minimum absolute atomic E-state index is 0.0579. The van der Waals surface area contributed by atoms with Crippen LogP contribution in [0.2, 0.25) is 0 Å². The molecule has 1 aromatic heterocycles. The van der Waals surface area contributed by atoms with Gasteiger partial charge >= 0.3 is 0 Å². The first kappa shape index (κ1) is 16.4. The van der Waals surface area contributed by atoms with Crippen LogP contribution in [0, 0.1) is 5.92 Å². The molecule has 1 rings (SSSR count). The fourth-order valence-electron chi connectivity index (χ4n) is 1.94. The van der Waals surface area contributed by atoms with Crippen LogP contribution in [0.1, 0.15) is 25.8 Å². The highest BCUT2D eigenvalue weighted by Crippen LogP contribution is 2.08. The van der Waals surface area contributed by atoms with Crippen molar-refractivity contribution in [2.24, 2.45) is 5.92 Å². The van der Waals surface area contributed by atoms with E-state index < -0.39 is 0 Å². The zero-order valence-corrected chi connectivity index (χ0v) is 12.8. The van der Waals surface area contributed by atoms with Crippen molar-refractivity contribution in [3.8, 4) is 0 Å². The number of rotatable bonds is 7. The molecule has 0 aromatic carbocycles. The molecule has 110 valence electrons. The third-order valence-electron chi connectivity index (χ3n) is 3.12. The monoisotopic (exact) mass is 275 g/mol. The summed E-state index contributed by atoms with van der Waals surface area (Å²) in [5.74, 6) is 0.559. The average Bonchev–Trinajstić information content (AvgIpc) is 2.41. The summed E-state index contributed by atoms with van der Waals surface area (Å²) in [5.41, 5.74) is 0.974. The van der Waals surface area contributed by atoms with E-state index in [4.69, 9.17) is 0 Å². The lowest BCUT2D eigenvalue weighted by Gasteiger charge is -2.26. The van der Waals surface area contributed by atoms with Gasteiger partial charge in [-0.3, -0.25) is 9.78 Å². The zero-order chi connectivity index (χ0) is 15.0. The Kier molecular flexibility index (Phi) is 6.94. The van der Waals surface area contributed by atoms with Crippen molar-refractivity contribution < 1.29 is 4.79 Å². The molecule has 1 heterocycles. The molecule has 0 saturated heterocycles. The number of amides is 1. The Balaban J connectivity index is 2.43. The molecule has 0 fully saturated rings. The molecule has 20 heavy (non-hydrogen) atoms. The summed E-state index contributed by atoms with van der Waals surface area (Å²) in [6.07, 6.45) is 7.85. The summed E-state index contributed by atoms with van der Waals surface area (Å²) in [6.45, 7) is 5.06. The van der Waals surface area contributed by atoms with Crippen molar-refractivity contribution in [3.63, 3.8) is 0 Å². The molecule has 0 aliphatic rings. The quantitative estimate of drug-likeness (QED) is 0.776. The summed E-state index contributed by atoms with van der Waals surface area (Å²) < 4.78 is 0. The van der Waals surface area contributed by atoms with Gasteiger partial charge in [0.15, 0.2) is 0 Å². The fraction of sp³-hybridized carbons (Fsp3) is 0.500. The van der Waals surface area contributed by atoms with E-state index in [1.165, 1.54) is 0 Å². The number of nitrogens with one attached hydrogen (secondary N) is 1. The maximum Gasteiger partial charge on any atom is 0.244 e. The Morgan fingerprint density at radius 2 is 2.00 bits per heavy atom. The highest BCUT2D eigenvalue weighted by atomic mass is 16.1. The molecule has 0 radical (unpaired) electrons. The lowest BCUT2D eigenvalue weighted by Crippen LogP contribution is -2.40. The predicted molar refractivity (Wildman–Crippen MR) is 83.2 cm³/mol. The van der Waals surface area contributed by atoms with E-state index in [0.717, 1.165) is 12.0 Å². The average molecular weight is 275 g/mol. The Labute approximate surface area is 121 Å². The standard InChI is InChI=1S/C16H25N3O/c1-13(2)11-15(19(3)4)12-18-16(20)6-5-14-7-9-17-10-8-14/h5-10,13,15H,11-12H2,1-4H3,(H,18,20). The number of pyridine rings is 1. The van der Waals surface area contributed by atoms with Crippen molar-refractivity contribution in [2.45, 2.75) is 26.3 Å². The maximum atomic E-state index is 11.8. The second-order valence-corrected chi connectivity index (χ2v) is 5.61. The maximum absolute atomic E-state index is 11.8. The van der Waals surface area contributed by atoms with Gasteiger partial charge in [-0.25, -0.2) is 0 Å². The lowest BCUT2D eigenvalue weighted by molar-refractivity contribution is -0.116. The molecule has 0 aliphatic carbocycles. The van der Waals surface area contributed by atoms with Crippen molar-refractivity contribution in [3.05, 3.63) is 36.2 Å². The van der Waals surface area contributed by atoms with Gasteiger partial charge in [0.25, 0.3) is 0 Å². The lowest BCUT2D eigenvalue weighted by atomic mass is 10.0. The number of hydrogen-bond acceptors (Lipinski definition) is 3. The van der Waals surface area contributed by atoms with Gasteiger partial charge in [-0.2, -0.15) is 0 Å². The van der Waals surface area contributed by atoms with Crippen LogP contribution in [0.25, 0.3) is 6.08 Å². The smallest absolute Gasteiger partial charge is 0.244 e. The second-order valence-electron chi connectivity index (χ2n) is 5.61. The molecule has 4 nitrogen and oxygen atoms in total. The van der Waals surface area contributed by atoms with Crippen LogP contribution in [0.5, 0.6) is 0 Å². The van der Waals surface area contributed by atoms with Gasteiger partial charge < -0.3 is 10.2 Å². The first-order chi connectivity index (χ1) is 9.49. The van der Waals surface area contributed by atoms with E-state index >= 15 is 0 Å². The highest BCUT2D eigenvalue weighted by Gasteiger charge is 2.13. The number of aromatic nitrogens is 1. The van der Waals surface area contributed by atoms with Gasteiger partial charge in [0.1, 0.15) is 0 Å². The topological polar surface area (TPSA) is 45.2 Å². The van der Waals surface area contributed by atoms with E-state index in [2.05, 4.69) is 29.0 Å². The van der Waals surface area contributed by atoms with E-state index in [1.807, 2.05) is 26.2 Å². The van der Waals surface area contributed by atoms with Crippen LogP contribution >= 0.6 is 0 Å². The van der Waals surface area contributed by atoms with Crippen molar-refractivity contribution >= 4 is 12.0 Å². The number of carbonyl (C=O) groups excluding carboxylic acids is 1. The molecule has 0 aliphatic heterocycles. The second kappa shape index (κ2) is 8.48. The van der Waals surface area contributed by atoms with Gasteiger partial charge in [-0.1, -0.05) is 13.8 Å². The largest absolute Gasteiger partial charge is 0.351 e. The summed E-state index contributed by atoms with van der Waals surface area (Å²) in [6, 6.07) is 4.10. The van der Waals surface area contributed by atoms with Crippen LogP contribution in [0.3, 0.4) is 0 Å². The summed E-state index contributed by atoms with van der Waals surface area (Å²) in [7, 11) is 4.10. The molecular weight excluding hydrogens is 250 g/mol. The Morgan fingerprint density at radius 3 is 2.55 bits per heavy atom. The van der Waals surface area contributed by atoms with Crippen molar-refractivity contribution in [1.82, 2.24) is 15.2 Å². The molecule has 0 bridgehead atoms. The van der Waals surface area contributed by atoms with Gasteiger partial charge in [-0.05, 0) is 50.2 Å². The minimum atomic E-state index is -0.0579. The van der Waals surface area contributed by atoms with Gasteiger partial charge in [0.05, 0.1) is 0 Å². The molecule has 1 amide bonds. The van der Waals surface area contributed by atoms with Crippen molar-refractivity contribution in [1.29, 1.82) is 0 Å². The minimum Gasteiger partial charge on any atom is -0.351 e. The molecule has 1 aromatic rings. The summed E-state index contributed by atoms with van der Waals surface area (Å²) in [4.78, 5) is 17.9. The molecule has 1 atom stereocenters. The number of hydrogen-bond donors (Lipinski definition) is 1. The normalized spacial score (nSPS) is 13.1. The van der Waals surface area contributed by atoms with Gasteiger partial charge in [0, 0.05) is 31.1 Å². The van der Waals surface area contributed by atoms with Crippen LogP contribution in [0.15, 0.2) is 30.6 Å². The van der Waals surface area contributed by atoms with Crippen LogP contribution in [0.4, 0.5) is 0 Å². The Morgan fingerprint density at radius 1 is 1.35 bits per heavy atom. The molecule has 1 unspecified atom stereocenters. The van der Waals surface area contributed by atoms with E-state index in [9.17, 15) is 4.79 Å². The third kappa shape index (κ3) is 6.48. The molecule has 1 N–H and O–H groups in total. The van der Waals surface area contributed by atoms with Crippen LogP contribution in [-0.4, -0.2) is 42.5 Å². The van der Waals surface area contributed by atoms with E-state index in [-0.39, 0.29) is 5.91 Å². The first-order valence-corrected chi connectivity index (χ1v) is 7.01. The van der Waals surface area contributed by atoms with Crippen molar-refractivity contribution in [2.75, 3.05) is 20.6 Å². The summed E-state index contributed by atoms with van der Waals surface area (Å²) in [5, 5.41) is 2.96. The Bertz CT molecular complexity index is 427. The number of nitrogens with zero attached hydrogens (tertiary/aromatic N) is 2. The van der Waals surface area contributed by atoms with Gasteiger partial charge in [-0.15, -0.1) is 0 Å². The third-order valence-corrected chi connectivity index (χ3v) is 3.12. The SMILES string of the molecule is CC(C)CC(CNC(=O)C=Cc1ccncc1)N(C)C. The fourth-order valence-corrected chi connectivity index (χ4v) is 1.94. The first-order valence-electron chi connectivity index (χ1n) is 7.01. The number of likely N-dealkylation sites (N-methyl/N-ethyl adjacent to an activating group) is 1. The summed E-state index contributed by atoms with van der Waals surface area (Å²) >= 11 is 0.